The van der Waals surface area contributed by atoms with Gasteiger partial charge in [-0.15, -0.1) is 0 Å². The summed E-state index contributed by atoms with van der Waals surface area (Å²) < 4.78 is 37.4. The molecule has 0 saturated carbocycles. The summed E-state index contributed by atoms with van der Waals surface area (Å²) in [6, 6.07) is 4.25. The number of anilines is 1. The molecule has 3 nitrogen and oxygen atoms in total. The van der Waals surface area contributed by atoms with E-state index in [1.54, 1.807) is 6.07 Å². The van der Waals surface area contributed by atoms with Crippen molar-refractivity contribution in [2.24, 2.45) is 0 Å². The summed E-state index contributed by atoms with van der Waals surface area (Å²) in [4.78, 5) is 0. The van der Waals surface area contributed by atoms with Crippen molar-refractivity contribution in [2.45, 2.75) is 6.42 Å². The Balaban J connectivity index is 2.49. The number of hydrogen-bond donors (Lipinski definition) is 0. The third-order valence-electron chi connectivity index (χ3n) is 2.37. The standard InChI is InChI=1S/C9H9BrFNO2S/c10-6-15(13,14)12-4-3-7-1-2-8(11)5-9(7)12/h1-2,5H,3-4,6H2. The van der Waals surface area contributed by atoms with E-state index in [4.69, 9.17) is 0 Å². The van der Waals surface area contributed by atoms with E-state index in [9.17, 15) is 12.8 Å². The molecule has 0 atom stereocenters. The Morgan fingerprint density at radius 2 is 2.20 bits per heavy atom. The van der Waals surface area contributed by atoms with Crippen molar-refractivity contribution < 1.29 is 12.8 Å². The molecule has 0 amide bonds. The SMILES string of the molecule is O=S(=O)(CBr)N1CCc2ccc(F)cc21. The summed E-state index contributed by atoms with van der Waals surface area (Å²) in [5.74, 6) is -0.412. The molecule has 1 aromatic carbocycles. The zero-order valence-corrected chi connectivity index (χ0v) is 10.2. The van der Waals surface area contributed by atoms with Crippen molar-refractivity contribution in [1.29, 1.82) is 0 Å². The third kappa shape index (κ3) is 1.88. The van der Waals surface area contributed by atoms with Gasteiger partial charge >= 0.3 is 0 Å². The summed E-state index contributed by atoms with van der Waals surface area (Å²) in [5, 5.41) is 0. The van der Waals surface area contributed by atoms with E-state index < -0.39 is 15.8 Å². The van der Waals surface area contributed by atoms with Gasteiger partial charge in [0.2, 0.25) is 10.0 Å². The van der Waals surface area contributed by atoms with Crippen molar-refractivity contribution in [3.63, 3.8) is 0 Å². The Morgan fingerprint density at radius 3 is 2.87 bits per heavy atom. The molecule has 82 valence electrons. The predicted molar refractivity (Wildman–Crippen MR) is 60.2 cm³/mol. The largest absolute Gasteiger partial charge is 0.269 e. The van der Waals surface area contributed by atoms with Crippen LogP contribution in [0.15, 0.2) is 18.2 Å². The van der Waals surface area contributed by atoms with Crippen LogP contribution in [-0.2, 0) is 16.4 Å². The first-order chi connectivity index (χ1) is 7.04. The quantitative estimate of drug-likeness (QED) is 0.781. The zero-order valence-electron chi connectivity index (χ0n) is 7.78. The molecule has 0 aliphatic carbocycles. The lowest BCUT2D eigenvalue weighted by atomic mass is 10.2. The van der Waals surface area contributed by atoms with E-state index in [0.29, 0.717) is 18.7 Å². The van der Waals surface area contributed by atoms with E-state index in [0.717, 1.165) is 5.56 Å². The summed E-state index contributed by atoms with van der Waals surface area (Å²) in [7, 11) is -3.34. The van der Waals surface area contributed by atoms with E-state index in [1.807, 2.05) is 0 Å². The molecule has 0 bridgehead atoms. The first kappa shape index (κ1) is 10.9. The van der Waals surface area contributed by atoms with Crippen molar-refractivity contribution in [3.05, 3.63) is 29.6 Å². The minimum Gasteiger partial charge on any atom is -0.269 e. The maximum absolute atomic E-state index is 13.0. The molecule has 6 heteroatoms. The first-order valence-electron chi connectivity index (χ1n) is 4.39. The second-order valence-electron chi connectivity index (χ2n) is 3.32. The Morgan fingerprint density at radius 1 is 1.47 bits per heavy atom. The molecule has 0 spiro atoms. The number of halogens is 2. The van der Waals surface area contributed by atoms with Crippen LogP contribution in [0.1, 0.15) is 5.56 Å². The highest BCUT2D eigenvalue weighted by molar-refractivity contribution is 9.10. The average molecular weight is 294 g/mol. The molecule has 0 radical (unpaired) electrons. The molecule has 0 unspecified atom stereocenters. The van der Waals surface area contributed by atoms with Gasteiger partial charge in [0.05, 0.1) is 5.69 Å². The minimum atomic E-state index is -3.34. The van der Waals surface area contributed by atoms with Gasteiger partial charge in [0.15, 0.2) is 0 Å². The van der Waals surface area contributed by atoms with Crippen LogP contribution in [0.2, 0.25) is 0 Å². The van der Waals surface area contributed by atoms with Crippen LogP contribution >= 0.6 is 15.9 Å². The van der Waals surface area contributed by atoms with Gasteiger partial charge in [0, 0.05) is 6.54 Å². The van der Waals surface area contributed by atoms with Crippen LogP contribution in [0.5, 0.6) is 0 Å². The van der Waals surface area contributed by atoms with Crippen LogP contribution in [0.3, 0.4) is 0 Å². The lowest BCUT2D eigenvalue weighted by Gasteiger charge is -2.17. The maximum atomic E-state index is 13.0. The van der Waals surface area contributed by atoms with E-state index >= 15 is 0 Å². The van der Waals surface area contributed by atoms with Crippen molar-refractivity contribution in [3.8, 4) is 0 Å². The molecule has 1 heterocycles. The Bertz CT molecular complexity index is 489. The fourth-order valence-electron chi connectivity index (χ4n) is 1.67. The van der Waals surface area contributed by atoms with Gasteiger partial charge in [0.25, 0.3) is 0 Å². The maximum Gasteiger partial charge on any atom is 0.245 e. The number of hydrogen-bond acceptors (Lipinski definition) is 2. The lowest BCUT2D eigenvalue weighted by Crippen LogP contribution is -2.29. The summed E-state index contributed by atoms with van der Waals surface area (Å²) in [6.45, 7) is 0.396. The number of alkyl halides is 1. The van der Waals surface area contributed by atoms with E-state index in [1.165, 1.54) is 16.4 Å². The molecule has 0 N–H and O–H groups in total. The number of nitrogens with zero attached hydrogens (tertiary/aromatic N) is 1. The second-order valence-corrected chi connectivity index (χ2v) is 6.51. The van der Waals surface area contributed by atoms with Crippen LogP contribution in [0, 0.1) is 5.82 Å². The molecular formula is C9H9BrFNO2S. The molecule has 1 aromatic rings. The van der Waals surface area contributed by atoms with Crippen molar-refractivity contribution >= 4 is 31.6 Å². The van der Waals surface area contributed by atoms with Gasteiger partial charge < -0.3 is 0 Å². The van der Waals surface area contributed by atoms with E-state index in [-0.39, 0.29) is 4.66 Å². The molecule has 0 fully saturated rings. The van der Waals surface area contributed by atoms with Gasteiger partial charge in [-0.05, 0) is 24.1 Å². The molecule has 0 saturated heterocycles. The normalized spacial score (nSPS) is 15.5. The fourth-order valence-corrected chi connectivity index (χ4v) is 3.37. The second kappa shape index (κ2) is 3.75. The lowest BCUT2D eigenvalue weighted by molar-refractivity contribution is 0.597. The Labute approximate surface area is 96.1 Å². The highest BCUT2D eigenvalue weighted by atomic mass is 79.9. The topological polar surface area (TPSA) is 37.4 Å². The highest BCUT2D eigenvalue weighted by Crippen LogP contribution is 2.31. The highest BCUT2D eigenvalue weighted by Gasteiger charge is 2.28. The predicted octanol–water partition coefficient (Wildman–Crippen LogP) is 1.87. The van der Waals surface area contributed by atoms with Crippen molar-refractivity contribution in [1.82, 2.24) is 0 Å². The smallest absolute Gasteiger partial charge is 0.245 e. The van der Waals surface area contributed by atoms with E-state index in [2.05, 4.69) is 15.9 Å². The number of sulfonamides is 1. The monoisotopic (exact) mass is 293 g/mol. The van der Waals surface area contributed by atoms with Crippen LogP contribution in [0.25, 0.3) is 0 Å². The molecular weight excluding hydrogens is 285 g/mol. The number of benzene rings is 1. The minimum absolute atomic E-state index is 0.143. The van der Waals surface area contributed by atoms with Gasteiger partial charge in [0.1, 0.15) is 10.5 Å². The van der Waals surface area contributed by atoms with Crippen LogP contribution < -0.4 is 4.31 Å². The third-order valence-corrected chi connectivity index (χ3v) is 5.44. The van der Waals surface area contributed by atoms with Crippen LogP contribution in [-0.4, -0.2) is 19.6 Å². The summed E-state index contributed by atoms with van der Waals surface area (Å²) in [5.41, 5.74) is 1.34. The molecule has 1 aliphatic heterocycles. The fraction of sp³-hybridized carbons (Fsp3) is 0.333. The number of fused-ring (bicyclic) bond motifs is 1. The molecule has 1 aliphatic rings. The first-order valence-corrected chi connectivity index (χ1v) is 7.12. The Kier molecular flexibility index (Phi) is 2.72. The van der Waals surface area contributed by atoms with Gasteiger partial charge in [-0.3, -0.25) is 4.31 Å². The molecule has 0 aromatic heterocycles. The summed E-state index contributed by atoms with van der Waals surface area (Å²) >= 11 is 2.93. The van der Waals surface area contributed by atoms with Gasteiger partial charge in [-0.1, -0.05) is 22.0 Å². The molecule has 15 heavy (non-hydrogen) atoms. The van der Waals surface area contributed by atoms with Crippen LogP contribution in [0.4, 0.5) is 10.1 Å². The number of rotatable bonds is 2. The molecule has 2 rings (SSSR count). The van der Waals surface area contributed by atoms with Gasteiger partial charge in [-0.2, -0.15) is 0 Å². The Hall–Kier alpha value is -0.620. The van der Waals surface area contributed by atoms with Crippen molar-refractivity contribution in [2.75, 3.05) is 15.5 Å². The zero-order chi connectivity index (χ0) is 11.1. The average Bonchev–Trinajstić information content (AvgIpc) is 2.61. The summed E-state index contributed by atoms with van der Waals surface area (Å²) in [6.07, 6.45) is 0.641. The van der Waals surface area contributed by atoms with Gasteiger partial charge in [-0.25, -0.2) is 12.8 Å².